The molecule has 4 rings (SSSR count). The van der Waals surface area contributed by atoms with Gasteiger partial charge in [-0.2, -0.15) is 0 Å². The van der Waals surface area contributed by atoms with Crippen molar-refractivity contribution in [3.05, 3.63) is 94.5 Å². The Morgan fingerprint density at radius 2 is 1.68 bits per heavy atom. The van der Waals surface area contributed by atoms with Gasteiger partial charge in [0, 0.05) is 47.4 Å². The van der Waals surface area contributed by atoms with Gasteiger partial charge in [-0.25, -0.2) is 18.7 Å². The molecule has 0 spiro atoms. The molecule has 1 aromatic heterocycles. The van der Waals surface area contributed by atoms with Crippen molar-refractivity contribution in [2.24, 2.45) is 5.92 Å². The minimum Gasteiger partial charge on any atom is -0.772 e. The highest BCUT2D eigenvalue weighted by Crippen LogP contribution is 2.36. The predicted molar refractivity (Wildman–Crippen MR) is 113 cm³/mol. The summed E-state index contributed by atoms with van der Waals surface area (Å²) in [5.41, 5.74) is 2.20. The van der Waals surface area contributed by atoms with Gasteiger partial charge in [-0.1, -0.05) is 34.8 Å². The second-order valence-corrected chi connectivity index (χ2v) is 9.18. The molecule has 0 bridgehead atoms. The average Bonchev–Trinajstić information content (AvgIpc) is 2.70. The van der Waals surface area contributed by atoms with Crippen LogP contribution in [0.1, 0.15) is 22.7 Å². The van der Waals surface area contributed by atoms with Crippen LogP contribution in [-0.4, -0.2) is 42.0 Å². The summed E-state index contributed by atoms with van der Waals surface area (Å²) in [6.07, 6.45) is 4.98. The van der Waals surface area contributed by atoms with E-state index >= 15 is 0 Å². The summed E-state index contributed by atoms with van der Waals surface area (Å²) in [5, 5.41) is -0.118. The number of halogens is 3. The van der Waals surface area contributed by atoms with Crippen molar-refractivity contribution in [1.29, 1.82) is 0 Å². The smallest absolute Gasteiger partial charge is 0.126 e. The zero-order valence-electron chi connectivity index (χ0n) is 16.3. The third kappa shape index (κ3) is 5.15. The molecule has 162 valence electrons. The molecular weight excluding hydrogens is 444 g/mol. The molecule has 2 aromatic carbocycles. The Bertz CT molecular complexity index is 1050. The van der Waals surface area contributed by atoms with Crippen LogP contribution in [-0.2, 0) is 17.5 Å². The van der Waals surface area contributed by atoms with Crippen molar-refractivity contribution in [2.75, 3.05) is 13.1 Å². The summed E-state index contributed by atoms with van der Waals surface area (Å²) in [7, 11) is 0. The largest absolute Gasteiger partial charge is 0.772 e. The molecule has 1 aliphatic heterocycles. The van der Waals surface area contributed by atoms with Crippen LogP contribution in [0, 0.1) is 17.6 Å². The van der Waals surface area contributed by atoms with E-state index in [9.17, 15) is 17.5 Å². The van der Waals surface area contributed by atoms with Gasteiger partial charge in [0.2, 0.25) is 0 Å². The molecule has 1 saturated heterocycles. The highest BCUT2D eigenvalue weighted by Gasteiger charge is 2.39. The zero-order chi connectivity index (χ0) is 22.0. The first-order chi connectivity index (χ1) is 14.9. The molecule has 0 aliphatic carbocycles. The SMILES string of the molecule is O=S([O-])C(Cc1cc(F)cc(F)c1)C1CN(C(c2ccc(Cl)cc2)c2cncnc2)C1. The summed E-state index contributed by atoms with van der Waals surface area (Å²) in [6.45, 7) is 1.03. The molecule has 2 heterocycles. The molecule has 9 heteroatoms. The van der Waals surface area contributed by atoms with E-state index in [1.807, 2.05) is 12.1 Å². The number of nitrogens with zero attached hydrogens (tertiary/aromatic N) is 3. The maximum absolute atomic E-state index is 13.5. The van der Waals surface area contributed by atoms with Crippen LogP contribution in [0.3, 0.4) is 0 Å². The zero-order valence-corrected chi connectivity index (χ0v) is 17.9. The maximum atomic E-state index is 13.5. The third-order valence-corrected chi connectivity index (χ3v) is 6.82. The molecule has 0 saturated carbocycles. The number of hydrogen-bond acceptors (Lipinski definition) is 5. The highest BCUT2D eigenvalue weighted by atomic mass is 35.5. The monoisotopic (exact) mass is 462 g/mol. The van der Waals surface area contributed by atoms with E-state index in [4.69, 9.17) is 11.6 Å². The van der Waals surface area contributed by atoms with Crippen molar-refractivity contribution in [3.63, 3.8) is 0 Å². The van der Waals surface area contributed by atoms with E-state index in [1.165, 1.54) is 18.5 Å². The van der Waals surface area contributed by atoms with E-state index in [0.29, 0.717) is 23.7 Å². The minimum absolute atomic E-state index is 0.0589. The Morgan fingerprint density at radius 3 is 2.26 bits per heavy atom. The van der Waals surface area contributed by atoms with Gasteiger partial charge in [-0.3, -0.25) is 9.11 Å². The summed E-state index contributed by atoms with van der Waals surface area (Å²) in [6, 6.07) is 10.4. The molecule has 0 amide bonds. The normalized spacial score (nSPS) is 17.7. The Labute approximate surface area is 186 Å². The van der Waals surface area contributed by atoms with Crippen molar-refractivity contribution >= 4 is 22.7 Å². The van der Waals surface area contributed by atoms with Gasteiger partial charge < -0.3 is 4.55 Å². The van der Waals surface area contributed by atoms with E-state index < -0.39 is 28.0 Å². The van der Waals surface area contributed by atoms with Crippen LogP contribution in [0.4, 0.5) is 8.78 Å². The van der Waals surface area contributed by atoms with Gasteiger partial charge in [0.05, 0.1) is 6.04 Å². The van der Waals surface area contributed by atoms with Gasteiger partial charge in [0.25, 0.3) is 0 Å². The number of aromatic nitrogens is 2. The highest BCUT2D eigenvalue weighted by molar-refractivity contribution is 7.79. The molecule has 3 aromatic rings. The van der Waals surface area contributed by atoms with E-state index in [1.54, 1.807) is 24.5 Å². The summed E-state index contributed by atoms with van der Waals surface area (Å²) in [5.74, 6) is -1.59. The first kappa shape index (κ1) is 22.0. The molecule has 1 aliphatic rings. The van der Waals surface area contributed by atoms with Crippen molar-refractivity contribution < 1.29 is 17.5 Å². The molecular formula is C22H19ClF2N3O2S-. The van der Waals surface area contributed by atoms with E-state index in [0.717, 1.165) is 17.2 Å². The lowest BCUT2D eigenvalue weighted by molar-refractivity contribution is 0.0649. The third-order valence-electron chi connectivity index (χ3n) is 5.52. The fourth-order valence-electron chi connectivity index (χ4n) is 4.06. The van der Waals surface area contributed by atoms with Gasteiger partial charge >= 0.3 is 0 Å². The quantitative estimate of drug-likeness (QED) is 0.498. The van der Waals surface area contributed by atoms with E-state index in [2.05, 4.69) is 14.9 Å². The standard InChI is InChI=1S/C22H20ClF2N3O2S/c23-18-3-1-15(2-4-18)22(16-9-26-13-27-10-16)28-11-17(12-28)21(31(29)30)7-14-5-19(24)8-20(25)6-14/h1-6,8-10,13,17,21-22H,7,11-12H2,(H,29,30)/p-1. The van der Waals surface area contributed by atoms with Gasteiger partial charge in [-0.05, 0) is 47.7 Å². The lowest BCUT2D eigenvalue weighted by Gasteiger charge is -2.48. The Morgan fingerprint density at radius 1 is 1.06 bits per heavy atom. The van der Waals surface area contributed by atoms with Crippen LogP contribution in [0.25, 0.3) is 0 Å². The molecule has 31 heavy (non-hydrogen) atoms. The van der Waals surface area contributed by atoms with Gasteiger partial charge in [-0.15, -0.1) is 0 Å². The lowest BCUT2D eigenvalue weighted by atomic mass is 9.87. The lowest BCUT2D eigenvalue weighted by Crippen LogP contribution is -2.54. The molecule has 0 N–H and O–H groups in total. The van der Waals surface area contributed by atoms with Crippen LogP contribution < -0.4 is 0 Å². The summed E-state index contributed by atoms with van der Waals surface area (Å²) >= 11 is 3.65. The van der Waals surface area contributed by atoms with E-state index in [-0.39, 0.29) is 18.4 Å². The molecule has 1 fully saturated rings. The van der Waals surface area contributed by atoms with Crippen molar-refractivity contribution in [2.45, 2.75) is 17.7 Å². The fraction of sp³-hybridized carbons (Fsp3) is 0.273. The number of rotatable bonds is 7. The number of benzene rings is 2. The first-order valence-corrected chi connectivity index (χ1v) is 11.2. The Kier molecular flexibility index (Phi) is 6.71. The van der Waals surface area contributed by atoms with Crippen LogP contribution in [0.5, 0.6) is 0 Å². The first-order valence-electron chi connectivity index (χ1n) is 9.68. The van der Waals surface area contributed by atoms with Crippen LogP contribution >= 0.6 is 11.6 Å². The van der Waals surface area contributed by atoms with Crippen molar-refractivity contribution in [1.82, 2.24) is 14.9 Å². The second-order valence-electron chi connectivity index (χ2n) is 7.62. The van der Waals surface area contributed by atoms with Gasteiger partial charge in [0.15, 0.2) is 0 Å². The fourth-order valence-corrected chi connectivity index (χ4v) is 5.00. The molecule has 3 unspecified atom stereocenters. The summed E-state index contributed by atoms with van der Waals surface area (Å²) < 4.78 is 50.9. The van der Waals surface area contributed by atoms with Crippen LogP contribution in [0.2, 0.25) is 5.02 Å². The molecule has 0 radical (unpaired) electrons. The Balaban J connectivity index is 1.53. The predicted octanol–water partition coefficient (Wildman–Crippen LogP) is 3.92. The van der Waals surface area contributed by atoms with Crippen molar-refractivity contribution in [3.8, 4) is 0 Å². The molecule has 3 atom stereocenters. The Hall–Kier alpha value is -2.26. The van der Waals surface area contributed by atoms with Gasteiger partial charge in [0.1, 0.15) is 18.0 Å². The molecule has 5 nitrogen and oxygen atoms in total. The van der Waals surface area contributed by atoms with Crippen LogP contribution in [0.15, 0.2) is 61.2 Å². The minimum atomic E-state index is -2.38. The average molecular weight is 463 g/mol. The maximum Gasteiger partial charge on any atom is 0.126 e. The summed E-state index contributed by atoms with van der Waals surface area (Å²) in [4.78, 5) is 10.4. The number of hydrogen-bond donors (Lipinski definition) is 0. The number of likely N-dealkylation sites (tertiary alicyclic amines) is 1. The topological polar surface area (TPSA) is 69.2 Å². The second kappa shape index (κ2) is 9.48.